The van der Waals surface area contributed by atoms with Crippen LogP contribution in [0.1, 0.15) is 12.5 Å². The molecule has 8 atom stereocenters. The van der Waals surface area contributed by atoms with Crippen LogP contribution in [0.5, 0.6) is 5.88 Å². The predicted octanol–water partition coefficient (Wildman–Crippen LogP) is -4.70. The number of aliphatic hydroxyl groups is 6. The molecule has 0 spiro atoms. The molecule has 0 saturated carbocycles. The second-order valence-corrected chi connectivity index (χ2v) is 8.38. The van der Waals surface area contributed by atoms with Crippen molar-refractivity contribution >= 4 is 11.2 Å². The SMILES string of the molecule is Cn1c(=O)ccn([C@@H]2O[C@H](CO)[C@@H](O)[C@H]2O)c1=O.OC[C@H]1O[C@@H](n2cnc3c(O)ncnc32)[C@H](O)[C@@H]1O. The maximum atomic E-state index is 11.8. The van der Waals surface area contributed by atoms with Gasteiger partial charge in [0.15, 0.2) is 23.6 Å². The van der Waals surface area contributed by atoms with Gasteiger partial charge in [-0.05, 0) is 0 Å². The molecule has 2 aliphatic rings. The van der Waals surface area contributed by atoms with Gasteiger partial charge in [-0.15, -0.1) is 0 Å². The van der Waals surface area contributed by atoms with E-state index in [0.29, 0.717) is 0 Å². The Kier molecular flexibility index (Phi) is 7.67. The standard InChI is InChI=1S/C10H12N4O5.C10H14N2O6/c15-1-4-6(16)7(17)10(19-4)14-3-13-5-8(14)11-2-12-9(5)18;1-11-6(14)2-3-12(10(11)17)9-8(16)7(15)5(4-13)18-9/h2-4,6-7,10,15-17H,1H2,(H,11,12,18);2-3,5,7-9,13,15-16H,4H2,1H3/t4-,6-,7-,10-;5-,7-,8-,9-/m11/s1. The summed E-state index contributed by atoms with van der Waals surface area (Å²) in [7, 11) is 1.29. The molecule has 0 unspecified atom stereocenters. The van der Waals surface area contributed by atoms with Crippen LogP contribution in [0.15, 0.2) is 34.5 Å². The highest BCUT2D eigenvalue weighted by molar-refractivity contribution is 5.75. The highest BCUT2D eigenvalue weighted by Crippen LogP contribution is 2.32. The second kappa shape index (κ2) is 10.6. The fourth-order valence-corrected chi connectivity index (χ4v) is 4.03. The van der Waals surface area contributed by atoms with Crippen LogP contribution >= 0.6 is 0 Å². The lowest BCUT2D eigenvalue weighted by molar-refractivity contribution is -0.0555. The Morgan fingerprint density at radius 1 is 0.865 bits per heavy atom. The van der Waals surface area contributed by atoms with Gasteiger partial charge in [-0.3, -0.25) is 18.5 Å². The highest BCUT2D eigenvalue weighted by Gasteiger charge is 2.45. The van der Waals surface area contributed by atoms with Crippen molar-refractivity contribution in [1.29, 1.82) is 0 Å². The van der Waals surface area contributed by atoms with Crippen molar-refractivity contribution in [3.63, 3.8) is 0 Å². The van der Waals surface area contributed by atoms with E-state index in [9.17, 15) is 35.1 Å². The molecule has 37 heavy (non-hydrogen) atoms. The van der Waals surface area contributed by atoms with Gasteiger partial charge in [0.2, 0.25) is 5.88 Å². The molecule has 3 aromatic rings. The summed E-state index contributed by atoms with van der Waals surface area (Å²) in [5.74, 6) is -0.282. The van der Waals surface area contributed by atoms with Crippen LogP contribution in [0.2, 0.25) is 0 Å². The molecule has 202 valence electrons. The van der Waals surface area contributed by atoms with Gasteiger partial charge in [-0.25, -0.2) is 14.8 Å². The van der Waals surface area contributed by atoms with Crippen LogP contribution in [0.4, 0.5) is 0 Å². The van der Waals surface area contributed by atoms with Crippen LogP contribution in [0, 0.1) is 0 Å². The lowest BCUT2D eigenvalue weighted by Gasteiger charge is -2.17. The quantitative estimate of drug-likeness (QED) is 0.169. The average Bonchev–Trinajstić information content (AvgIpc) is 3.53. The molecular weight excluding hydrogens is 500 g/mol. The minimum atomic E-state index is -1.35. The van der Waals surface area contributed by atoms with Crippen molar-refractivity contribution in [2.75, 3.05) is 13.2 Å². The fourth-order valence-electron chi connectivity index (χ4n) is 4.03. The molecule has 17 heteroatoms. The Balaban J connectivity index is 0.000000173. The van der Waals surface area contributed by atoms with Gasteiger partial charge < -0.3 is 45.2 Å². The zero-order chi connectivity index (χ0) is 27.0. The van der Waals surface area contributed by atoms with Crippen LogP contribution in [-0.2, 0) is 16.5 Å². The minimum Gasteiger partial charge on any atom is -0.492 e. The number of aliphatic hydroxyl groups excluding tert-OH is 6. The number of hydrogen-bond donors (Lipinski definition) is 7. The van der Waals surface area contributed by atoms with E-state index >= 15 is 0 Å². The molecule has 17 nitrogen and oxygen atoms in total. The lowest BCUT2D eigenvalue weighted by Crippen LogP contribution is -2.41. The topological polar surface area (TPSA) is 248 Å². The minimum absolute atomic E-state index is 0.167. The molecule has 5 heterocycles. The van der Waals surface area contributed by atoms with E-state index in [2.05, 4.69) is 15.0 Å². The van der Waals surface area contributed by atoms with Crippen molar-refractivity contribution in [2.45, 2.75) is 49.1 Å². The third-order valence-electron chi connectivity index (χ3n) is 6.14. The molecule has 0 radical (unpaired) electrons. The van der Waals surface area contributed by atoms with Crippen molar-refractivity contribution in [2.24, 2.45) is 7.05 Å². The fraction of sp³-hybridized carbons (Fsp3) is 0.550. The number of nitrogens with zero attached hydrogens (tertiary/aromatic N) is 6. The number of aromatic nitrogens is 6. The number of hydrogen-bond acceptors (Lipinski definition) is 14. The van der Waals surface area contributed by atoms with E-state index in [4.69, 9.17) is 19.7 Å². The smallest absolute Gasteiger partial charge is 0.332 e. The number of fused-ring (bicyclic) bond motifs is 1. The molecule has 0 aliphatic carbocycles. The lowest BCUT2D eigenvalue weighted by atomic mass is 10.1. The maximum absolute atomic E-state index is 11.8. The monoisotopic (exact) mass is 526 g/mol. The number of aromatic hydroxyl groups is 1. The molecular formula is C20H26N6O11. The van der Waals surface area contributed by atoms with Gasteiger partial charge in [-0.1, -0.05) is 0 Å². The van der Waals surface area contributed by atoms with Crippen LogP contribution in [0.25, 0.3) is 11.2 Å². The first kappa shape index (κ1) is 26.8. The van der Waals surface area contributed by atoms with Crippen molar-refractivity contribution in [3.05, 3.63) is 45.8 Å². The number of rotatable bonds is 4. The van der Waals surface area contributed by atoms with Gasteiger partial charge in [-0.2, -0.15) is 4.98 Å². The maximum Gasteiger partial charge on any atom is 0.332 e. The molecule has 0 aromatic carbocycles. The second-order valence-electron chi connectivity index (χ2n) is 8.38. The summed E-state index contributed by atoms with van der Waals surface area (Å²) in [6, 6.07) is 1.15. The zero-order valence-corrected chi connectivity index (χ0v) is 19.3. The summed E-state index contributed by atoms with van der Waals surface area (Å²) in [5, 5.41) is 66.5. The Bertz CT molecular complexity index is 1360. The van der Waals surface area contributed by atoms with Crippen molar-refractivity contribution in [1.82, 2.24) is 28.7 Å². The van der Waals surface area contributed by atoms with Crippen LogP contribution in [-0.4, -0.2) is 114 Å². The van der Waals surface area contributed by atoms with Crippen LogP contribution < -0.4 is 11.2 Å². The average molecular weight is 526 g/mol. The molecule has 5 rings (SSSR count). The molecule has 3 aromatic heterocycles. The van der Waals surface area contributed by atoms with E-state index in [1.807, 2.05) is 0 Å². The van der Waals surface area contributed by atoms with Gasteiger partial charge in [0.1, 0.15) is 43.0 Å². The van der Waals surface area contributed by atoms with Crippen molar-refractivity contribution < 1.29 is 45.2 Å². The normalized spacial score (nSPS) is 31.4. The van der Waals surface area contributed by atoms with E-state index in [-0.39, 0.29) is 17.0 Å². The first-order valence-electron chi connectivity index (χ1n) is 11.0. The number of imidazole rings is 1. The molecule has 2 aliphatic heterocycles. The summed E-state index contributed by atoms with van der Waals surface area (Å²) in [6.45, 7) is -0.892. The molecule has 2 fully saturated rings. The van der Waals surface area contributed by atoms with E-state index in [1.54, 1.807) is 0 Å². The third-order valence-corrected chi connectivity index (χ3v) is 6.14. The summed E-state index contributed by atoms with van der Waals surface area (Å²) in [6.07, 6.45) is -5.33. The van der Waals surface area contributed by atoms with Gasteiger partial charge in [0.05, 0.1) is 19.5 Å². The van der Waals surface area contributed by atoms with Gasteiger partial charge >= 0.3 is 5.69 Å². The largest absolute Gasteiger partial charge is 0.492 e. The molecule has 0 bridgehead atoms. The van der Waals surface area contributed by atoms with Gasteiger partial charge in [0, 0.05) is 19.3 Å². The Hall–Kier alpha value is -3.29. The summed E-state index contributed by atoms with van der Waals surface area (Å²) >= 11 is 0. The highest BCUT2D eigenvalue weighted by atomic mass is 16.6. The summed E-state index contributed by atoms with van der Waals surface area (Å²) < 4.78 is 13.8. The van der Waals surface area contributed by atoms with Gasteiger partial charge in [0.25, 0.3) is 5.56 Å². The zero-order valence-electron chi connectivity index (χ0n) is 19.3. The third kappa shape index (κ3) is 4.74. The Labute approximate surface area is 206 Å². The van der Waals surface area contributed by atoms with E-state index in [0.717, 1.165) is 21.5 Å². The van der Waals surface area contributed by atoms with E-state index in [1.165, 1.54) is 24.1 Å². The van der Waals surface area contributed by atoms with Crippen LogP contribution in [0.3, 0.4) is 0 Å². The predicted molar refractivity (Wildman–Crippen MR) is 119 cm³/mol. The Morgan fingerprint density at radius 3 is 1.97 bits per heavy atom. The number of ether oxygens (including phenoxy) is 2. The summed E-state index contributed by atoms with van der Waals surface area (Å²) in [5.41, 5.74) is -0.720. The molecule has 2 saturated heterocycles. The first-order valence-corrected chi connectivity index (χ1v) is 11.0. The first-order chi connectivity index (χ1) is 17.6. The Morgan fingerprint density at radius 2 is 1.43 bits per heavy atom. The van der Waals surface area contributed by atoms with E-state index < -0.39 is 73.5 Å². The molecule has 7 N–H and O–H groups in total. The summed E-state index contributed by atoms with van der Waals surface area (Å²) in [4.78, 5) is 34.5. The van der Waals surface area contributed by atoms with Crippen molar-refractivity contribution in [3.8, 4) is 5.88 Å². The molecule has 0 amide bonds.